The van der Waals surface area contributed by atoms with Gasteiger partial charge in [-0.3, -0.25) is 14.9 Å². The number of halogens is 3. The zero-order valence-corrected chi connectivity index (χ0v) is 13.1. The van der Waals surface area contributed by atoms with Crippen molar-refractivity contribution in [2.24, 2.45) is 5.92 Å². The van der Waals surface area contributed by atoms with E-state index in [1.807, 2.05) is 4.90 Å². The van der Waals surface area contributed by atoms with Gasteiger partial charge in [-0.05, 0) is 18.2 Å². The Morgan fingerprint density at radius 3 is 2.56 bits per heavy atom. The molecule has 0 bridgehead atoms. The Morgan fingerprint density at radius 2 is 2.00 bits per heavy atom. The van der Waals surface area contributed by atoms with E-state index in [0.717, 1.165) is 12.1 Å². The van der Waals surface area contributed by atoms with E-state index in [1.54, 1.807) is 0 Å². The molecule has 1 aromatic rings. The molecule has 1 saturated carbocycles. The summed E-state index contributed by atoms with van der Waals surface area (Å²) in [7, 11) is 0. The summed E-state index contributed by atoms with van der Waals surface area (Å²) in [5.41, 5.74) is -0.430. The third kappa shape index (κ3) is 3.84. The Hall–Kier alpha value is -2.36. The first-order chi connectivity index (χ1) is 11.8. The predicted molar refractivity (Wildman–Crippen MR) is 82.0 cm³/mol. The number of alkyl halides is 3. The molecule has 1 amide bonds. The molecule has 1 aliphatic carbocycles. The van der Waals surface area contributed by atoms with E-state index in [-0.39, 0.29) is 12.1 Å². The first-order valence-corrected chi connectivity index (χ1v) is 7.75. The number of rotatable bonds is 4. The molecule has 136 valence electrons. The van der Waals surface area contributed by atoms with Crippen molar-refractivity contribution >= 4 is 17.3 Å². The van der Waals surface area contributed by atoms with Crippen LogP contribution in [0.2, 0.25) is 0 Å². The standard InChI is InChI=1S/C15H16F3N3O4/c16-15(17,18)9-1-2-12(20-3-5-25-6-4-20)11(7-9)19-14(22)10-8-13(10)21(23)24/h1-2,7,10,13H,3-6,8H2,(H,19,22)/t10-,13-/m1/s1. The fourth-order valence-corrected chi connectivity index (χ4v) is 2.81. The SMILES string of the molecule is O=C(Nc1cc(C(F)(F)F)ccc1N1CCOCC1)[C@@H]1C[C@H]1[N+](=O)[O-]. The Kier molecular flexibility index (Phi) is 4.55. The number of anilines is 2. The van der Waals surface area contributed by atoms with Gasteiger partial charge >= 0.3 is 6.18 Å². The molecule has 25 heavy (non-hydrogen) atoms. The monoisotopic (exact) mass is 359 g/mol. The van der Waals surface area contributed by atoms with Gasteiger partial charge in [0.25, 0.3) is 0 Å². The largest absolute Gasteiger partial charge is 0.416 e. The molecule has 3 rings (SSSR count). The van der Waals surface area contributed by atoms with Crippen LogP contribution in [0.4, 0.5) is 24.5 Å². The van der Waals surface area contributed by atoms with Crippen LogP contribution in [0.3, 0.4) is 0 Å². The Balaban J connectivity index is 1.85. The Bertz CT molecular complexity index is 689. The van der Waals surface area contributed by atoms with Gasteiger partial charge in [0.1, 0.15) is 5.92 Å². The van der Waals surface area contributed by atoms with Crippen LogP contribution in [0.1, 0.15) is 12.0 Å². The van der Waals surface area contributed by atoms with Gasteiger partial charge in [0, 0.05) is 24.4 Å². The molecule has 1 N–H and O–H groups in total. The highest BCUT2D eigenvalue weighted by molar-refractivity contribution is 5.97. The number of carbonyl (C=O) groups is 1. The van der Waals surface area contributed by atoms with E-state index >= 15 is 0 Å². The van der Waals surface area contributed by atoms with Crippen molar-refractivity contribution in [2.45, 2.75) is 18.6 Å². The van der Waals surface area contributed by atoms with Crippen LogP contribution >= 0.6 is 0 Å². The molecular weight excluding hydrogens is 343 g/mol. The third-order valence-electron chi connectivity index (χ3n) is 4.30. The highest BCUT2D eigenvalue weighted by Gasteiger charge is 2.53. The zero-order valence-electron chi connectivity index (χ0n) is 13.1. The van der Waals surface area contributed by atoms with Crippen LogP contribution in [0, 0.1) is 16.0 Å². The van der Waals surface area contributed by atoms with Crippen molar-refractivity contribution < 1.29 is 27.6 Å². The summed E-state index contributed by atoms with van der Waals surface area (Å²) < 4.78 is 44.2. The van der Waals surface area contributed by atoms with Crippen LogP contribution in [-0.4, -0.2) is 43.2 Å². The normalized spacial score (nSPS) is 23.2. The molecule has 0 aromatic heterocycles. The van der Waals surface area contributed by atoms with Crippen LogP contribution in [-0.2, 0) is 15.7 Å². The van der Waals surface area contributed by atoms with Gasteiger partial charge in [-0.1, -0.05) is 0 Å². The van der Waals surface area contributed by atoms with Crippen LogP contribution < -0.4 is 10.2 Å². The van der Waals surface area contributed by atoms with Crippen molar-refractivity contribution in [3.05, 3.63) is 33.9 Å². The topological polar surface area (TPSA) is 84.7 Å². The molecule has 10 heteroatoms. The minimum atomic E-state index is -4.55. The number of nitro groups is 1. The number of carbonyl (C=O) groups excluding carboxylic acids is 1. The maximum atomic E-state index is 13.0. The molecule has 1 aliphatic heterocycles. The fraction of sp³-hybridized carbons (Fsp3) is 0.533. The van der Waals surface area contributed by atoms with Gasteiger partial charge in [0.05, 0.1) is 30.2 Å². The number of nitrogens with zero attached hydrogens (tertiary/aromatic N) is 2. The van der Waals surface area contributed by atoms with Crippen LogP contribution in [0.25, 0.3) is 0 Å². The highest BCUT2D eigenvalue weighted by atomic mass is 19.4. The fourth-order valence-electron chi connectivity index (χ4n) is 2.81. The summed E-state index contributed by atoms with van der Waals surface area (Å²) in [5.74, 6) is -1.43. The number of hydrogen-bond acceptors (Lipinski definition) is 5. The van der Waals surface area contributed by atoms with Crippen molar-refractivity contribution in [1.29, 1.82) is 0 Å². The smallest absolute Gasteiger partial charge is 0.378 e. The number of ether oxygens (including phenoxy) is 1. The molecule has 2 aliphatic rings. The number of hydrogen-bond donors (Lipinski definition) is 1. The van der Waals surface area contributed by atoms with E-state index < -0.39 is 34.5 Å². The van der Waals surface area contributed by atoms with Gasteiger partial charge in [0.15, 0.2) is 0 Å². The molecule has 1 aromatic carbocycles. The Labute approximate surface area is 140 Å². The number of amides is 1. The molecule has 0 spiro atoms. The average molecular weight is 359 g/mol. The van der Waals surface area contributed by atoms with Gasteiger partial charge in [-0.2, -0.15) is 13.2 Å². The van der Waals surface area contributed by atoms with Gasteiger partial charge in [0.2, 0.25) is 11.9 Å². The average Bonchev–Trinajstić information content (AvgIpc) is 3.36. The molecular formula is C15H16F3N3O4. The number of morpholine rings is 1. The van der Waals surface area contributed by atoms with E-state index in [0.29, 0.717) is 32.0 Å². The summed E-state index contributed by atoms with van der Waals surface area (Å²) in [6.07, 6.45) is -4.45. The second-order valence-corrected chi connectivity index (χ2v) is 6.01. The molecule has 2 fully saturated rings. The summed E-state index contributed by atoms with van der Waals surface area (Å²) in [6.45, 7) is 1.82. The summed E-state index contributed by atoms with van der Waals surface area (Å²) >= 11 is 0. The molecule has 7 nitrogen and oxygen atoms in total. The van der Waals surface area contributed by atoms with Crippen molar-refractivity contribution in [3.63, 3.8) is 0 Å². The quantitative estimate of drug-likeness (QED) is 0.658. The lowest BCUT2D eigenvalue weighted by Gasteiger charge is -2.31. The van der Waals surface area contributed by atoms with E-state index in [1.165, 1.54) is 6.07 Å². The van der Waals surface area contributed by atoms with Gasteiger partial charge < -0.3 is 15.0 Å². The second-order valence-electron chi connectivity index (χ2n) is 6.01. The van der Waals surface area contributed by atoms with Crippen molar-refractivity contribution in [3.8, 4) is 0 Å². The third-order valence-corrected chi connectivity index (χ3v) is 4.30. The molecule has 0 unspecified atom stereocenters. The zero-order chi connectivity index (χ0) is 18.2. The van der Waals surface area contributed by atoms with E-state index in [4.69, 9.17) is 4.74 Å². The number of nitrogens with one attached hydrogen (secondary N) is 1. The Morgan fingerprint density at radius 1 is 1.32 bits per heavy atom. The second kappa shape index (κ2) is 6.51. The number of benzene rings is 1. The molecule has 0 radical (unpaired) electrons. The molecule has 1 heterocycles. The highest BCUT2D eigenvalue weighted by Crippen LogP contribution is 2.38. The summed E-state index contributed by atoms with van der Waals surface area (Å²) in [6, 6.07) is 2.17. The van der Waals surface area contributed by atoms with E-state index in [2.05, 4.69) is 5.32 Å². The lowest BCUT2D eigenvalue weighted by molar-refractivity contribution is -0.497. The summed E-state index contributed by atoms with van der Waals surface area (Å²) in [4.78, 5) is 24.1. The predicted octanol–water partition coefficient (Wildman–Crippen LogP) is 2.15. The summed E-state index contributed by atoms with van der Waals surface area (Å²) in [5, 5.41) is 13.1. The van der Waals surface area contributed by atoms with Crippen molar-refractivity contribution in [2.75, 3.05) is 36.5 Å². The van der Waals surface area contributed by atoms with Gasteiger partial charge in [-0.25, -0.2) is 0 Å². The first-order valence-electron chi connectivity index (χ1n) is 7.75. The van der Waals surface area contributed by atoms with Crippen LogP contribution in [0.5, 0.6) is 0 Å². The molecule has 2 atom stereocenters. The first kappa shape index (κ1) is 17.5. The maximum Gasteiger partial charge on any atom is 0.416 e. The lowest BCUT2D eigenvalue weighted by Crippen LogP contribution is -2.37. The van der Waals surface area contributed by atoms with Crippen molar-refractivity contribution in [1.82, 2.24) is 0 Å². The van der Waals surface area contributed by atoms with Gasteiger partial charge in [-0.15, -0.1) is 0 Å². The lowest BCUT2D eigenvalue weighted by atomic mass is 10.1. The minimum Gasteiger partial charge on any atom is -0.378 e. The minimum absolute atomic E-state index is 0.00993. The van der Waals surface area contributed by atoms with Crippen LogP contribution in [0.15, 0.2) is 18.2 Å². The maximum absolute atomic E-state index is 13.0. The molecule has 1 saturated heterocycles. The van der Waals surface area contributed by atoms with E-state index in [9.17, 15) is 28.1 Å².